The Morgan fingerprint density at radius 1 is 1.16 bits per heavy atom. The Balaban J connectivity index is 2.11. The molecule has 0 saturated heterocycles. The number of oxazole rings is 1. The van der Waals surface area contributed by atoms with Gasteiger partial charge in [-0.15, -0.1) is 0 Å². The van der Waals surface area contributed by atoms with Crippen LogP contribution in [0.4, 0.5) is 0 Å². The highest BCUT2D eigenvalue weighted by molar-refractivity contribution is 9.10. The molecule has 3 nitrogen and oxygen atoms in total. The molecule has 0 aliphatic carbocycles. The SMILES string of the molecule is COc1ccc(-c2nc3cc(C)ccc3o2)cc1Br. The summed E-state index contributed by atoms with van der Waals surface area (Å²) < 4.78 is 11.9. The van der Waals surface area contributed by atoms with Gasteiger partial charge in [0.25, 0.3) is 0 Å². The quantitative estimate of drug-likeness (QED) is 0.694. The average molecular weight is 318 g/mol. The summed E-state index contributed by atoms with van der Waals surface area (Å²) in [7, 11) is 1.64. The van der Waals surface area contributed by atoms with Crippen LogP contribution in [0.5, 0.6) is 5.75 Å². The van der Waals surface area contributed by atoms with Gasteiger partial charge < -0.3 is 9.15 Å². The summed E-state index contributed by atoms with van der Waals surface area (Å²) in [6.07, 6.45) is 0. The first-order chi connectivity index (χ1) is 9.17. The van der Waals surface area contributed by atoms with Gasteiger partial charge in [0, 0.05) is 5.56 Å². The molecule has 0 atom stereocenters. The zero-order chi connectivity index (χ0) is 13.4. The number of aryl methyl sites for hydroxylation is 1. The second-order valence-electron chi connectivity index (χ2n) is 4.34. The van der Waals surface area contributed by atoms with Crippen molar-refractivity contribution in [2.45, 2.75) is 6.92 Å². The molecule has 0 spiro atoms. The first-order valence-electron chi connectivity index (χ1n) is 5.88. The molecule has 0 aliphatic rings. The van der Waals surface area contributed by atoms with Gasteiger partial charge in [-0.2, -0.15) is 0 Å². The van der Waals surface area contributed by atoms with Gasteiger partial charge in [0.2, 0.25) is 5.89 Å². The van der Waals surface area contributed by atoms with Crippen molar-refractivity contribution in [3.63, 3.8) is 0 Å². The van der Waals surface area contributed by atoms with Gasteiger partial charge in [0.05, 0.1) is 11.6 Å². The Labute approximate surface area is 119 Å². The molecule has 0 amide bonds. The van der Waals surface area contributed by atoms with Crippen molar-refractivity contribution in [2.75, 3.05) is 7.11 Å². The first kappa shape index (κ1) is 12.2. The highest BCUT2D eigenvalue weighted by Gasteiger charge is 2.10. The molecule has 0 radical (unpaired) electrons. The van der Waals surface area contributed by atoms with Crippen molar-refractivity contribution >= 4 is 27.0 Å². The number of hydrogen-bond donors (Lipinski definition) is 0. The Morgan fingerprint density at radius 2 is 2.00 bits per heavy atom. The number of rotatable bonds is 2. The number of methoxy groups -OCH3 is 1. The monoisotopic (exact) mass is 317 g/mol. The summed E-state index contributed by atoms with van der Waals surface area (Å²) in [5.74, 6) is 1.40. The summed E-state index contributed by atoms with van der Waals surface area (Å²) in [6.45, 7) is 2.04. The highest BCUT2D eigenvalue weighted by Crippen LogP contribution is 2.31. The molecule has 1 heterocycles. The van der Waals surface area contributed by atoms with Crippen LogP contribution in [0.15, 0.2) is 45.3 Å². The van der Waals surface area contributed by atoms with Gasteiger partial charge in [0.1, 0.15) is 11.3 Å². The van der Waals surface area contributed by atoms with E-state index >= 15 is 0 Å². The van der Waals surface area contributed by atoms with E-state index in [-0.39, 0.29) is 0 Å². The summed E-state index contributed by atoms with van der Waals surface area (Å²) >= 11 is 3.47. The lowest BCUT2D eigenvalue weighted by atomic mass is 10.2. The Hall–Kier alpha value is -1.81. The molecule has 96 valence electrons. The fourth-order valence-electron chi connectivity index (χ4n) is 1.96. The van der Waals surface area contributed by atoms with Crippen LogP contribution in [0.3, 0.4) is 0 Å². The molecule has 3 aromatic rings. The maximum atomic E-state index is 5.76. The third-order valence-corrected chi connectivity index (χ3v) is 3.56. The van der Waals surface area contributed by atoms with E-state index < -0.39 is 0 Å². The number of aromatic nitrogens is 1. The molecule has 0 N–H and O–H groups in total. The van der Waals surface area contributed by atoms with E-state index in [0.717, 1.165) is 26.9 Å². The van der Waals surface area contributed by atoms with Gasteiger partial charge in [0.15, 0.2) is 5.58 Å². The molecule has 0 fully saturated rings. The molecule has 19 heavy (non-hydrogen) atoms. The number of nitrogens with zero attached hydrogens (tertiary/aromatic N) is 1. The van der Waals surface area contributed by atoms with Crippen LogP contribution in [0.1, 0.15) is 5.56 Å². The third kappa shape index (κ3) is 2.24. The normalized spacial score (nSPS) is 10.9. The average Bonchev–Trinajstić information content (AvgIpc) is 2.81. The standard InChI is InChI=1S/C15H12BrNO2/c1-9-3-5-14-12(7-9)17-15(19-14)10-4-6-13(18-2)11(16)8-10/h3-8H,1-2H3. The second kappa shape index (κ2) is 4.70. The van der Waals surface area contributed by atoms with E-state index in [4.69, 9.17) is 9.15 Å². The van der Waals surface area contributed by atoms with Gasteiger partial charge in [-0.3, -0.25) is 0 Å². The molecule has 0 saturated carbocycles. The summed E-state index contributed by atoms with van der Waals surface area (Å²) in [5, 5.41) is 0. The summed E-state index contributed by atoms with van der Waals surface area (Å²) in [6, 6.07) is 11.7. The minimum atomic E-state index is 0.615. The van der Waals surface area contributed by atoms with Crippen molar-refractivity contribution in [3.05, 3.63) is 46.4 Å². The molecule has 4 heteroatoms. The molecule has 3 rings (SSSR count). The third-order valence-electron chi connectivity index (χ3n) is 2.94. The molecule has 0 unspecified atom stereocenters. The number of benzene rings is 2. The lowest BCUT2D eigenvalue weighted by Gasteiger charge is -2.03. The first-order valence-corrected chi connectivity index (χ1v) is 6.68. The summed E-state index contributed by atoms with van der Waals surface area (Å²) in [4.78, 5) is 4.51. The molecule has 1 aromatic heterocycles. The Bertz CT molecular complexity index is 749. The second-order valence-corrected chi connectivity index (χ2v) is 5.19. The Morgan fingerprint density at radius 3 is 2.74 bits per heavy atom. The fourth-order valence-corrected chi connectivity index (χ4v) is 2.50. The summed E-state index contributed by atoms with van der Waals surface area (Å²) in [5.41, 5.74) is 3.76. The zero-order valence-corrected chi connectivity index (χ0v) is 12.2. The minimum absolute atomic E-state index is 0.615. The number of fused-ring (bicyclic) bond motifs is 1. The van der Waals surface area contributed by atoms with E-state index in [0.29, 0.717) is 5.89 Å². The van der Waals surface area contributed by atoms with Gasteiger partial charge in [-0.1, -0.05) is 6.07 Å². The lowest BCUT2D eigenvalue weighted by molar-refractivity contribution is 0.412. The molecule has 0 bridgehead atoms. The van der Waals surface area contributed by atoms with Crippen LogP contribution in [0.2, 0.25) is 0 Å². The smallest absolute Gasteiger partial charge is 0.227 e. The minimum Gasteiger partial charge on any atom is -0.496 e. The molecular formula is C15H12BrNO2. The van der Waals surface area contributed by atoms with E-state index in [2.05, 4.69) is 20.9 Å². The van der Waals surface area contributed by atoms with E-state index in [1.165, 1.54) is 5.56 Å². The van der Waals surface area contributed by atoms with Crippen LogP contribution in [-0.2, 0) is 0 Å². The van der Waals surface area contributed by atoms with Crippen molar-refractivity contribution in [1.82, 2.24) is 4.98 Å². The van der Waals surface area contributed by atoms with E-state index in [1.54, 1.807) is 7.11 Å². The van der Waals surface area contributed by atoms with Crippen LogP contribution in [0.25, 0.3) is 22.6 Å². The van der Waals surface area contributed by atoms with Crippen molar-refractivity contribution < 1.29 is 9.15 Å². The van der Waals surface area contributed by atoms with Crippen LogP contribution < -0.4 is 4.74 Å². The van der Waals surface area contributed by atoms with Gasteiger partial charge in [-0.05, 0) is 58.7 Å². The van der Waals surface area contributed by atoms with Crippen LogP contribution in [0, 0.1) is 6.92 Å². The van der Waals surface area contributed by atoms with Gasteiger partial charge >= 0.3 is 0 Å². The van der Waals surface area contributed by atoms with Crippen molar-refractivity contribution in [2.24, 2.45) is 0 Å². The van der Waals surface area contributed by atoms with E-state index in [9.17, 15) is 0 Å². The van der Waals surface area contributed by atoms with Crippen LogP contribution in [-0.4, -0.2) is 12.1 Å². The molecule has 2 aromatic carbocycles. The van der Waals surface area contributed by atoms with Crippen molar-refractivity contribution in [1.29, 1.82) is 0 Å². The maximum absolute atomic E-state index is 5.76. The van der Waals surface area contributed by atoms with Gasteiger partial charge in [-0.25, -0.2) is 4.98 Å². The fraction of sp³-hybridized carbons (Fsp3) is 0.133. The molecule has 0 aliphatic heterocycles. The highest BCUT2D eigenvalue weighted by atomic mass is 79.9. The predicted octanol–water partition coefficient (Wildman–Crippen LogP) is 4.57. The van der Waals surface area contributed by atoms with Crippen LogP contribution >= 0.6 is 15.9 Å². The van der Waals surface area contributed by atoms with Crippen molar-refractivity contribution in [3.8, 4) is 17.2 Å². The number of hydrogen-bond acceptors (Lipinski definition) is 3. The topological polar surface area (TPSA) is 35.3 Å². The largest absolute Gasteiger partial charge is 0.496 e. The predicted molar refractivity (Wildman–Crippen MR) is 78.4 cm³/mol. The lowest BCUT2D eigenvalue weighted by Crippen LogP contribution is -1.85. The number of ether oxygens (including phenoxy) is 1. The Kier molecular flexibility index (Phi) is 3.03. The maximum Gasteiger partial charge on any atom is 0.227 e. The van der Waals surface area contributed by atoms with E-state index in [1.807, 2.05) is 43.3 Å². The zero-order valence-electron chi connectivity index (χ0n) is 10.6. The number of halogens is 1. The molecular weight excluding hydrogens is 306 g/mol.